The first kappa shape index (κ1) is 42.3. The maximum absolute atomic E-state index is 14.0. The van der Waals surface area contributed by atoms with Crippen LogP contribution in [0.4, 0.5) is 14.9 Å². The Morgan fingerprint density at radius 2 is 1.62 bits per heavy atom. The van der Waals surface area contributed by atoms with E-state index in [2.05, 4.69) is 62.8 Å². The lowest BCUT2D eigenvalue weighted by Crippen LogP contribution is -2.47. The summed E-state index contributed by atoms with van der Waals surface area (Å²) < 4.78 is 24.1. The predicted octanol–water partition coefficient (Wildman–Crippen LogP) is 9.46. The number of terminal acetylenes is 1. The number of carbonyl (C=O) groups excluding carboxylic acids is 1. The molecule has 48 heavy (non-hydrogen) atoms. The molecule has 0 bridgehead atoms. The molecule has 2 atom stereocenters. The maximum Gasteiger partial charge on any atom is 0.364 e. The van der Waals surface area contributed by atoms with E-state index in [0.29, 0.717) is 30.9 Å². The van der Waals surface area contributed by atoms with Crippen LogP contribution in [0.2, 0.25) is 0 Å². The van der Waals surface area contributed by atoms with Gasteiger partial charge in [0, 0.05) is 24.3 Å². The van der Waals surface area contributed by atoms with E-state index in [1.165, 1.54) is 17.9 Å². The fourth-order valence-electron chi connectivity index (χ4n) is 5.94. The molecule has 2 fully saturated rings. The highest BCUT2D eigenvalue weighted by Gasteiger charge is 2.34. The third-order valence-corrected chi connectivity index (χ3v) is 8.41. The number of carbonyl (C=O) groups is 2. The average molecular weight is 683 g/mol. The molecule has 0 spiro atoms. The summed E-state index contributed by atoms with van der Waals surface area (Å²) in [5, 5.41) is 6.86. The summed E-state index contributed by atoms with van der Waals surface area (Å²) in [5.41, 5.74) is 2.74. The average Bonchev–Trinajstić information content (AvgIpc) is 3.70. The van der Waals surface area contributed by atoms with Gasteiger partial charge in [-0.2, -0.15) is 0 Å². The zero-order valence-electron chi connectivity index (χ0n) is 29.8. The normalized spacial score (nSPS) is 18.4. The molecule has 0 saturated carbocycles. The number of benzene rings is 2. The summed E-state index contributed by atoms with van der Waals surface area (Å²) in [7, 11) is 0. The number of halogens is 1. The monoisotopic (exact) mass is 682 g/mol. The highest BCUT2D eigenvalue weighted by Crippen LogP contribution is 2.29. The van der Waals surface area contributed by atoms with Gasteiger partial charge in [-0.1, -0.05) is 63.9 Å². The second kappa shape index (κ2) is 23.6. The Morgan fingerprint density at radius 1 is 1.06 bits per heavy atom. The van der Waals surface area contributed by atoms with Gasteiger partial charge in [0.05, 0.1) is 6.54 Å². The topological polar surface area (TPSA) is 79.3 Å². The van der Waals surface area contributed by atoms with E-state index in [-0.39, 0.29) is 17.8 Å². The van der Waals surface area contributed by atoms with E-state index in [9.17, 15) is 14.0 Å². The standard InChI is InChI=1S/C28H39FN2O.C7H10O2.C2H4O2S.C2H2/c1-5-10-24(11-6-2)31(25-14-15-27(29)22(4)17-25)28(32)20-30-19-21(3)16-26(30)18-23-12-8-7-9-13-23;1-3-6-7(4-2)9-5-8-6;1-5-2(3)4;1-2/h7-9,12-15,17,21,24,26H,5-6,10-11,16,18-20H2,1-4H3;3-4H,5H2,1-2H3;1H3,(H,3,4);1-2H/b;6-3+,7-4+;;. The van der Waals surface area contributed by atoms with Crippen molar-refractivity contribution in [2.24, 2.45) is 5.92 Å². The summed E-state index contributed by atoms with van der Waals surface area (Å²) in [4.78, 5) is 27.5. The van der Waals surface area contributed by atoms with Crippen LogP contribution in [0.5, 0.6) is 0 Å². The smallest absolute Gasteiger partial charge is 0.364 e. The van der Waals surface area contributed by atoms with Crippen LogP contribution < -0.4 is 4.90 Å². The molecule has 0 aromatic heterocycles. The number of allylic oxidation sites excluding steroid dienone is 2. The molecule has 2 aromatic rings. The minimum absolute atomic E-state index is 0.134. The van der Waals surface area contributed by atoms with Crippen molar-refractivity contribution in [3.05, 3.63) is 89.1 Å². The van der Waals surface area contributed by atoms with Crippen molar-refractivity contribution in [2.45, 2.75) is 92.2 Å². The van der Waals surface area contributed by atoms with Gasteiger partial charge < -0.3 is 19.5 Å². The first-order valence-electron chi connectivity index (χ1n) is 16.6. The number of hydrogen-bond donors (Lipinski definition) is 1. The van der Waals surface area contributed by atoms with Crippen LogP contribution in [0, 0.1) is 31.5 Å². The number of carboxylic acid groups (broad SMARTS) is 1. The summed E-state index contributed by atoms with van der Waals surface area (Å²) in [6, 6.07) is 16.2. The molecule has 2 unspecified atom stereocenters. The summed E-state index contributed by atoms with van der Waals surface area (Å²) in [6.07, 6.45) is 19.3. The van der Waals surface area contributed by atoms with E-state index in [0.717, 1.165) is 74.0 Å². The first-order chi connectivity index (χ1) is 23.1. The van der Waals surface area contributed by atoms with Crippen molar-refractivity contribution >= 4 is 28.7 Å². The van der Waals surface area contributed by atoms with E-state index in [1.807, 2.05) is 43.0 Å². The van der Waals surface area contributed by atoms with Gasteiger partial charge in [0.1, 0.15) is 5.82 Å². The Morgan fingerprint density at radius 3 is 2.10 bits per heavy atom. The molecule has 264 valence electrons. The van der Waals surface area contributed by atoms with Gasteiger partial charge in [-0.25, -0.2) is 9.18 Å². The van der Waals surface area contributed by atoms with Crippen LogP contribution in [0.1, 0.15) is 77.8 Å². The quantitative estimate of drug-likeness (QED) is 0.250. The molecular formula is C39H55FN2O5S. The highest BCUT2D eigenvalue weighted by molar-refractivity contribution is 8.12. The van der Waals surface area contributed by atoms with E-state index >= 15 is 0 Å². The van der Waals surface area contributed by atoms with Gasteiger partial charge in [-0.3, -0.25) is 9.69 Å². The van der Waals surface area contributed by atoms with Crippen LogP contribution in [-0.2, 0) is 20.7 Å². The molecule has 0 radical (unpaired) electrons. The van der Waals surface area contributed by atoms with Crippen LogP contribution in [0.15, 0.2) is 72.2 Å². The zero-order chi connectivity index (χ0) is 36.1. The van der Waals surface area contributed by atoms with E-state index in [4.69, 9.17) is 14.6 Å². The lowest BCUT2D eigenvalue weighted by atomic mass is 10.0. The summed E-state index contributed by atoms with van der Waals surface area (Å²) >= 11 is 0.796. The molecule has 9 heteroatoms. The molecule has 2 aliphatic rings. The van der Waals surface area contributed by atoms with Crippen molar-refractivity contribution in [1.82, 2.24) is 4.90 Å². The van der Waals surface area contributed by atoms with Gasteiger partial charge in [0.25, 0.3) is 0 Å². The third-order valence-electron chi connectivity index (χ3n) is 8.06. The van der Waals surface area contributed by atoms with Crippen molar-refractivity contribution in [3.63, 3.8) is 0 Å². The van der Waals surface area contributed by atoms with Gasteiger partial charge in [-0.15, -0.1) is 12.8 Å². The third kappa shape index (κ3) is 14.2. The van der Waals surface area contributed by atoms with Gasteiger partial charge in [0.15, 0.2) is 11.5 Å². The Bertz CT molecular complexity index is 1310. The molecule has 2 saturated heterocycles. The molecule has 4 rings (SSSR count). The molecule has 7 nitrogen and oxygen atoms in total. The van der Waals surface area contributed by atoms with Crippen LogP contribution >= 0.6 is 11.8 Å². The molecule has 0 aliphatic carbocycles. The number of aryl methyl sites for hydroxylation is 1. The van der Waals surface area contributed by atoms with Crippen molar-refractivity contribution in [3.8, 4) is 12.8 Å². The predicted molar refractivity (Wildman–Crippen MR) is 197 cm³/mol. The Balaban J connectivity index is 0.000000593. The van der Waals surface area contributed by atoms with Gasteiger partial charge in [0.2, 0.25) is 12.7 Å². The van der Waals surface area contributed by atoms with Crippen LogP contribution in [0.3, 0.4) is 0 Å². The molecule has 1 N–H and O–H groups in total. The Labute approximate surface area is 292 Å². The minimum atomic E-state index is -0.829. The van der Waals surface area contributed by atoms with E-state index in [1.54, 1.807) is 13.0 Å². The maximum atomic E-state index is 14.0. The van der Waals surface area contributed by atoms with Gasteiger partial charge in [-0.05, 0) is 112 Å². The lowest BCUT2D eigenvalue weighted by molar-refractivity contribution is -0.120. The number of ether oxygens (including phenoxy) is 2. The number of amides is 1. The number of nitrogens with zero attached hydrogens (tertiary/aromatic N) is 2. The molecule has 1 amide bonds. The van der Waals surface area contributed by atoms with Gasteiger partial charge >= 0.3 is 5.30 Å². The molecule has 2 heterocycles. The summed E-state index contributed by atoms with van der Waals surface area (Å²) in [6.45, 7) is 14.0. The Kier molecular flexibility index (Phi) is 20.8. The molecule has 2 aromatic carbocycles. The fraction of sp³-hybridized carbons (Fsp3) is 0.487. The molecule has 2 aliphatic heterocycles. The van der Waals surface area contributed by atoms with Crippen LogP contribution in [0.25, 0.3) is 0 Å². The number of anilines is 1. The summed E-state index contributed by atoms with van der Waals surface area (Å²) in [5.74, 6) is 2.19. The van der Waals surface area contributed by atoms with E-state index < -0.39 is 5.30 Å². The Hall–Kier alpha value is -3.74. The highest BCUT2D eigenvalue weighted by atomic mass is 32.2. The second-order valence-electron chi connectivity index (χ2n) is 11.7. The second-order valence-corrected chi connectivity index (χ2v) is 12.5. The van der Waals surface area contributed by atoms with Crippen molar-refractivity contribution < 1.29 is 28.6 Å². The van der Waals surface area contributed by atoms with Crippen LogP contribution in [-0.4, -0.2) is 59.4 Å². The minimum Gasteiger partial charge on any atom is -0.473 e. The first-order valence-corrected chi connectivity index (χ1v) is 17.9. The largest absolute Gasteiger partial charge is 0.473 e. The fourth-order valence-corrected chi connectivity index (χ4v) is 5.94. The number of likely N-dealkylation sites (tertiary alicyclic amines) is 1. The number of hydrogen-bond acceptors (Lipinski definition) is 6. The lowest BCUT2D eigenvalue weighted by Gasteiger charge is -2.34. The number of thioether (sulfide) groups is 1. The molecular weight excluding hydrogens is 628 g/mol. The SMILES string of the molecule is C#C.C/C=C1/OCO/C1=C/C.CCCC(CCC)N(C(=O)CN1CC(C)CC1Cc1ccccc1)c1ccc(F)c(C)c1.CSC(=O)O. The van der Waals surface area contributed by atoms with Crippen molar-refractivity contribution in [1.29, 1.82) is 0 Å². The zero-order valence-corrected chi connectivity index (χ0v) is 30.6. The number of rotatable bonds is 10. The van der Waals surface area contributed by atoms with Crippen molar-refractivity contribution in [2.75, 3.05) is 31.0 Å².